The number of alkyl halides is 1. The quantitative estimate of drug-likeness (QED) is 0.884. The summed E-state index contributed by atoms with van der Waals surface area (Å²) in [5.41, 5.74) is 2.95. The first-order chi connectivity index (χ1) is 8.69. The minimum atomic E-state index is -0.250. The maximum absolute atomic E-state index is 11.7. The molecule has 0 bridgehead atoms. The Labute approximate surface area is 113 Å². The number of aromatic nitrogens is 1. The monoisotopic (exact) mass is 308 g/mol. The third kappa shape index (κ3) is 3.20. The van der Waals surface area contributed by atoms with Crippen LogP contribution in [0, 0.1) is 6.92 Å². The first-order valence-electron chi connectivity index (χ1n) is 5.54. The number of benzene rings is 1. The van der Waals surface area contributed by atoms with Crippen LogP contribution in [-0.2, 0) is 11.9 Å². The highest BCUT2D eigenvalue weighted by molar-refractivity contribution is 9.08. The zero-order valence-electron chi connectivity index (χ0n) is 9.94. The van der Waals surface area contributed by atoms with Gasteiger partial charge in [0.2, 0.25) is 5.76 Å². The third-order valence-electron chi connectivity index (χ3n) is 2.48. The molecule has 0 saturated heterocycles. The normalized spacial score (nSPS) is 10.3. The molecule has 2 aromatic rings. The fourth-order valence-corrected chi connectivity index (χ4v) is 1.86. The molecule has 0 aliphatic heterocycles. The molecule has 0 radical (unpaired) electrons. The van der Waals surface area contributed by atoms with Gasteiger partial charge in [0.05, 0.1) is 5.69 Å². The summed E-state index contributed by atoms with van der Waals surface area (Å²) in [6.07, 6.45) is 0. The van der Waals surface area contributed by atoms with E-state index >= 15 is 0 Å². The van der Waals surface area contributed by atoms with E-state index in [1.807, 2.05) is 24.3 Å². The molecule has 0 aliphatic carbocycles. The van der Waals surface area contributed by atoms with Gasteiger partial charge < -0.3 is 9.84 Å². The topological polar surface area (TPSA) is 55.1 Å². The Morgan fingerprint density at radius 3 is 2.56 bits per heavy atom. The number of nitrogens with one attached hydrogen (secondary N) is 1. The van der Waals surface area contributed by atoms with Crippen molar-refractivity contribution < 1.29 is 9.32 Å². The zero-order valence-corrected chi connectivity index (χ0v) is 11.5. The molecule has 0 fully saturated rings. The first-order valence-corrected chi connectivity index (χ1v) is 6.66. The number of hydrogen-bond acceptors (Lipinski definition) is 3. The Morgan fingerprint density at radius 1 is 1.33 bits per heavy atom. The molecule has 1 N–H and O–H groups in total. The summed E-state index contributed by atoms with van der Waals surface area (Å²) in [6.45, 7) is 2.25. The van der Waals surface area contributed by atoms with Crippen LogP contribution in [0.15, 0.2) is 34.9 Å². The van der Waals surface area contributed by atoms with Gasteiger partial charge in [0, 0.05) is 17.9 Å². The standard InChI is InChI=1S/C13H13BrN2O2/c1-9-6-12(18-16-9)13(17)15-8-11-4-2-10(7-14)3-5-11/h2-6H,7-8H2,1H3,(H,15,17). The fourth-order valence-electron chi connectivity index (χ4n) is 1.49. The molecule has 4 nitrogen and oxygen atoms in total. The molecular weight excluding hydrogens is 296 g/mol. The van der Waals surface area contributed by atoms with E-state index in [-0.39, 0.29) is 11.7 Å². The number of carbonyl (C=O) groups excluding carboxylic acids is 1. The number of halogens is 1. The minimum absolute atomic E-state index is 0.240. The van der Waals surface area contributed by atoms with Gasteiger partial charge in [-0.05, 0) is 18.1 Å². The Morgan fingerprint density at radius 2 is 2.00 bits per heavy atom. The molecule has 1 amide bonds. The van der Waals surface area contributed by atoms with Crippen molar-refractivity contribution in [1.29, 1.82) is 0 Å². The fraction of sp³-hybridized carbons (Fsp3) is 0.231. The van der Waals surface area contributed by atoms with Gasteiger partial charge in [0.1, 0.15) is 0 Å². The second-order valence-electron chi connectivity index (χ2n) is 3.97. The van der Waals surface area contributed by atoms with E-state index in [1.165, 1.54) is 5.56 Å². The van der Waals surface area contributed by atoms with Crippen molar-refractivity contribution in [1.82, 2.24) is 10.5 Å². The second-order valence-corrected chi connectivity index (χ2v) is 4.53. The molecule has 0 spiro atoms. The minimum Gasteiger partial charge on any atom is -0.351 e. The van der Waals surface area contributed by atoms with Gasteiger partial charge in [0.25, 0.3) is 5.91 Å². The average Bonchev–Trinajstić information content (AvgIpc) is 2.83. The van der Waals surface area contributed by atoms with Crippen LogP contribution in [0.25, 0.3) is 0 Å². The van der Waals surface area contributed by atoms with Gasteiger partial charge in [0.15, 0.2) is 0 Å². The highest BCUT2D eigenvalue weighted by Gasteiger charge is 2.10. The zero-order chi connectivity index (χ0) is 13.0. The lowest BCUT2D eigenvalue weighted by Crippen LogP contribution is -2.22. The number of hydrogen-bond donors (Lipinski definition) is 1. The van der Waals surface area contributed by atoms with Gasteiger partial charge in [-0.1, -0.05) is 45.4 Å². The van der Waals surface area contributed by atoms with Crippen LogP contribution in [0.3, 0.4) is 0 Å². The van der Waals surface area contributed by atoms with E-state index in [9.17, 15) is 4.79 Å². The van der Waals surface area contributed by atoms with Crippen molar-refractivity contribution in [3.8, 4) is 0 Å². The van der Waals surface area contributed by atoms with Gasteiger partial charge >= 0.3 is 0 Å². The maximum Gasteiger partial charge on any atom is 0.290 e. The summed E-state index contributed by atoms with van der Waals surface area (Å²) in [5.74, 6) is -0.00949. The molecule has 1 aromatic heterocycles. The van der Waals surface area contributed by atoms with Crippen molar-refractivity contribution in [2.75, 3.05) is 0 Å². The summed E-state index contributed by atoms with van der Waals surface area (Å²) in [5, 5.41) is 7.29. The Kier molecular flexibility index (Phi) is 4.15. The summed E-state index contributed by atoms with van der Waals surface area (Å²) in [4.78, 5) is 11.7. The molecule has 0 saturated carbocycles. The molecule has 94 valence electrons. The molecule has 5 heteroatoms. The molecule has 0 aliphatic rings. The summed E-state index contributed by atoms with van der Waals surface area (Å²) < 4.78 is 4.88. The van der Waals surface area contributed by atoms with E-state index in [1.54, 1.807) is 13.0 Å². The van der Waals surface area contributed by atoms with Crippen LogP contribution in [0.4, 0.5) is 0 Å². The third-order valence-corrected chi connectivity index (χ3v) is 3.13. The van der Waals surface area contributed by atoms with E-state index in [4.69, 9.17) is 4.52 Å². The average molecular weight is 309 g/mol. The van der Waals surface area contributed by atoms with Crippen molar-refractivity contribution in [3.05, 3.63) is 52.9 Å². The number of aryl methyl sites for hydroxylation is 1. The van der Waals surface area contributed by atoms with Crippen LogP contribution < -0.4 is 5.32 Å². The molecule has 0 atom stereocenters. The highest BCUT2D eigenvalue weighted by Crippen LogP contribution is 2.08. The lowest BCUT2D eigenvalue weighted by molar-refractivity contribution is 0.0914. The number of rotatable bonds is 4. The van der Waals surface area contributed by atoms with E-state index < -0.39 is 0 Å². The van der Waals surface area contributed by atoms with Crippen LogP contribution in [0.5, 0.6) is 0 Å². The smallest absolute Gasteiger partial charge is 0.290 e. The Hall–Kier alpha value is -1.62. The molecule has 2 rings (SSSR count). The second kappa shape index (κ2) is 5.82. The first kappa shape index (κ1) is 12.8. The summed E-state index contributed by atoms with van der Waals surface area (Å²) in [7, 11) is 0. The lowest BCUT2D eigenvalue weighted by atomic mass is 10.1. The predicted molar refractivity (Wildman–Crippen MR) is 71.5 cm³/mol. The van der Waals surface area contributed by atoms with Crippen LogP contribution in [-0.4, -0.2) is 11.1 Å². The highest BCUT2D eigenvalue weighted by atomic mass is 79.9. The SMILES string of the molecule is Cc1cc(C(=O)NCc2ccc(CBr)cc2)on1. The van der Waals surface area contributed by atoms with Crippen LogP contribution >= 0.6 is 15.9 Å². The van der Waals surface area contributed by atoms with Gasteiger partial charge in [-0.15, -0.1) is 0 Å². The van der Waals surface area contributed by atoms with Gasteiger partial charge in [-0.2, -0.15) is 0 Å². The van der Waals surface area contributed by atoms with Crippen molar-refractivity contribution in [2.45, 2.75) is 18.8 Å². The van der Waals surface area contributed by atoms with E-state index in [0.29, 0.717) is 12.2 Å². The Balaban J connectivity index is 1.92. The van der Waals surface area contributed by atoms with Gasteiger partial charge in [-0.3, -0.25) is 4.79 Å². The summed E-state index contributed by atoms with van der Waals surface area (Å²) >= 11 is 3.39. The lowest BCUT2D eigenvalue weighted by Gasteiger charge is -2.03. The largest absolute Gasteiger partial charge is 0.351 e. The molecule has 18 heavy (non-hydrogen) atoms. The number of carbonyl (C=O) groups is 1. The van der Waals surface area contributed by atoms with Crippen LogP contribution in [0.1, 0.15) is 27.4 Å². The Bertz CT molecular complexity index is 534. The summed E-state index contributed by atoms with van der Waals surface area (Å²) in [6, 6.07) is 9.64. The van der Waals surface area contributed by atoms with Crippen molar-refractivity contribution in [3.63, 3.8) is 0 Å². The molecule has 0 unspecified atom stereocenters. The van der Waals surface area contributed by atoms with Crippen molar-refractivity contribution >= 4 is 21.8 Å². The van der Waals surface area contributed by atoms with Crippen molar-refractivity contribution in [2.24, 2.45) is 0 Å². The molecule has 1 aromatic carbocycles. The van der Waals surface area contributed by atoms with E-state index in [2.05, 4.69) is 26.4 Å². The molecule has 1 heterocycles. The van der Waals surface area contributed by atoms with Crippen LogP contribution in [0.2, 0.25) is 0 Å². The van der Waals surface area contributed by atoms with Gasteiger partial charge in [-0.25, -0.2) is 0 Å². The van der Waals surface area contributed by atoms with E-state index in [0.717, 1.165) is 10.9 Å². The number of nitrogens with zero attached hydrogens (tertiary/aromatic N) is 1. The maximum atomic E-state index is 11.7. The molecular formula is C13H13BrN2O2. The number of amides is 1. The predicted octanol–water partition coefficient (Wildman–Crippen LogP) is 2.81.